The Morgan fingerprint density at radius 2 is 2.12 bits per heavy atom. The summed E-state index contributed by atoms with van der Waals surface area (Å²) < 4.78 is 0. The highest BCUT2D eigenvalue weighted by Gasteiger charge is 2.28. The van der Waals surface area contributed by atoms with Gasteiger partial charge >= 0.3 is 0 Å². The van der Waals surface area contributed by atoms with Crippen molar-refractivity contribution in [3.63, 3.8) is 0 Å². The molecule has 98 valence electrons. The molecule has 0 heterocycles. The molecule has 3 N–H and O–H groups in total. The smallest absolute Gasteiger partial charge is 0.223 e. The zero-order valence-corrected chi connectivity index (χ0v) is 10.4. The van der Waals surface area contributed by atoms with Gasteiger partial charge in [0.15, 0.2) is 0 Å². The second kappa shape index (κ2) is 7.27. The minimum Gasteiger partial charge on any atom is -0.396 e. The topological polar surface area (TPSA) is 78.4 Å². The molecule has 0 aliphatic heterocycles. The van der Waals surface area contributed by atoms with Crippen LogP contribution in [0.15, 0.2) is 0 Å². The molecule has 1 fully saturated rings. The lowest BCUT2D eigenvalue weighted by Crippen LogP contribution is -2.34. The van der Waals surface area contributed by atoms with Gasteiger partial charge in [-0.25, -0.2) is 0 Å². The van der Waals surface area contributed by atoms with Gasteiger partial charge in [-0.3, -0.25) is 9.59 Å². The molecule has 1 aliphatic rings. The summed E-state index contributed by atoms with van der Waals surface area (Å²) in [4.78, 5) is 22.7. The van der Waals surface area contributed by atoms with Crippen LogP contribution in [0.4, 0.5) is 0 Å². The second-order valence-corrected chi connectivity index (χ2v) is 4.65. The summed E-state index contributed by atoms with van der Waals surface area (Å²) in [7, 11) is 0. The lowest BCUT2D eigenvalue weighted by Gasteiger charge is -2.12. The van der Waals surface area contributed by atoms with Gasteiger partial charge in [0, 0.05) is 31.5 Å². The number of carbonyl (C=O) groups is 2. The quantitative estimate of drug-likeness (QED) is 0.531. The van der Waals surface area contributed by atoms with Crippen molar-refractivity contribution in [3.8, 4) is 0 Å². The SMILES string of the molecule is CC(CCO)NC(=O)CCCNC(=O)C1CC1. The van der Waals surface area contributed by atoms with E-state index in [1.54, 1.807) is 0 Å². The molecule has 2 amide bonds. The van der Waals surface area contributed by atoms with Crippen molar-refractivity contribution in [2.45, 2.75) is 45.1 Å². The van der Waals surface area contributed by atoms with Crippen molar-refractivity contribution >= 4 is 11.8 Å². The molecule has 0 aromatic carbocycles. The second-order valence-electron chi connectivity index (χ2n) is 4.65. The Balaban J connectivity index is 1.97. The van der Waals surface area contributed by atoms with E-state index >= 15 is 0 Å². The van der Waals surface area contributed by atoms with E-state index in [1.165, 1.54) is 0 Å². The fourth-order valence-electron chi connectivity index (χ4n) is 1.56. The molecule has 0 aromatic rings. The summed E-state index contributed by atoms with van der Waals surface area (Å²) in [5.74, 6) is 0.332. The van der Waals surface area contributed by atoms with Gasteiger partial charge in [-0.15, -0.1) is 0 Å². The van der Waals surface area contributed by atoms with Gasteiger partial charge < -0.3 is 15.7 Å². The molecule has 1 rings (SSSR count). The Morgan fingerprint density at radius 1 is 1.41 bits per heavy atom. The zero-order chi connectivity index (χ0) is 12.7. The molecule has 0 spiro atoms. The number of amides is 2. The highest BCUT2D eigenvalue weighted by atomic mass is 16.3. The molecule has 1 atom stereocenters. The first-order valence-corrected chi connectivity index (χ1v) is 6.31. The van der Waals surface area contributed by atoms with Crippen molar-refractivity contribution in [1.82, 2.24) is 10.6 Å². The summed E-state index contributed by atoms with van der Waals surface area (Å²) in [6.07, 6.45) is 3.66. The number of hydrogen-bond donors (Lipinski definition) is 3. The van der Waals surface area contributed by atoms with Crippen LogP contribution in [-0.2, 0) is 9.59 Å². The Morgan fingerprint density at radius 3 is 2.71 bits per heavy atom. The third kappa shape index (κ3) is 6.26. The van der Waals surface area contributed by atoms with Gasteiger partial charge in [0.05, 0.1) is 0 Å². The molecule has 1 unspecified atom stereocenters. The summed E-state index contributed by atoms with van der Waals surface area (Å²) >= 11 is 0. The van der Waals surface area contributed by atoms with E-state index in [0.29, 0.717) is 25.8 Å². The van der Waals surface area contributed by atoms with Gasteiger partial charge in [-0.2, -0.15) is 0 Å². The molecular weight excluding hydrogens is 220 g/mol. The van der Waals surface area contributed by atoms with Gasteiger partial charge in [0.1, 0.15) is 0 Å². The summed E-state index contributed by atoms with van der Waals surface area (Å²) in [5.41, 5.74) is 0. The molecule has 0 aromatic heterocycles. The van der Waals surface area contributed by atoms with Crippen LogP contribution in [0.5, 0.6) is 0 Å². The van der Waals surface area contributed by atoms with Crippen molar-refractivity contribution in [2.75, 3.05) is 13.2 Å². The minimum atomic E-state index is -0.0216. The summed E-state index contributed by atoms with van der Waals surface area (Å²) in [5, 5.41) is 14.3. The first-order valence-electron chi connectivity index (χ1n) is 6.31. The predicted octanol–water partition coefficient (Wildman–Crippen LogP) is 0.180. The third-order valence-electron chi connectivity index (χ3n) is 2.80. The van der Waals surface area contributed by atoms with E-state index in [-0.39, 0.29) is 30.4 Å². The fourth-order valence-corrected chi connectivity index (χ4v) is 1.56. The van der Waals surface area contributed by atoms with Crippen LogP contribution >= 0.6 is 0 Å². The zero-order valence-electron chi connectivity index (χ0n) is 10.4. The molecule has 0 saturated heterocycles. The molecule has 0 radical (unpaired) electrons. The maximum Gasteiger partial charge on any atom is 0.223 e. The maximum atomic E-state index is 11.4. The first kappa shape index (κ1) is 14.0. The number of nitrogens with one attached hydrogen (secondary N) is 2. The van der Waals surface area contributed by atoms with Crippen molar-refractivity contribution in [1.29, 1.82) is 0 Å². The van der Waals surface area contributed by atoms with Gasteiger partial charge in [-0.1, -0.05) is 0 Å². The Bertz CT molecular complexity index is 264. The van der Waals surface area contributed by atoms with E-state index < -0.39 is 0 Å². The van der Waals surface area contributed by atoms with Crippen LogP contribution in [0, 0.1) is 5.92 Å². The van der Waals surface area contributed by atoms with E-state index in [4.69, 9.17) is 5.11 Å². The third-order valence-corrected chi connectivity index (χ3v) is 2.80. The molecule has 5 heteroatoms. The minimum absolute atomic E-state index is 0.00792. The van der Waals surface area contributed by atoms with E-state index in [1.807, 2.05) is 6.92 Å². The number of aliphatic hydroxyl groups is 1. The van der Waals surface area contributed by atoms with E-state index in [0.717, 1.165) is 12.8 Å². The highest BCUT2D eigenvalue weighted by Crippen LogP contribution is 2.28. The van der Waals surface area contributed by atoms with E-state index in [9.17, 15) is 9.59 Å². The maximum absolute atomic E-state index is 11.4. The number of hydrogen-bond acceptors (Lipinski definition) is 3. The molecule has 1 aliphatic carbocycles. The number of aliphatic hydroxyl groups excluding tert-OH is 1. The number of rotatable bonds is 8. The van der Waals surface area contributed by atoms with Gasteiger partial charge in [0.25, 0.3) is 0 Å². The van der Waals surface area contributed by atoms with Crippen molar-refractivity contribution in [2.24, 2.45) is 5.92 Å². The largest absolute Gasteiger partial charge is 0.396 e. The van der Waals surface area contributed by atoms with Crippen molar-refractivity contribution in [3.05, 3.63) is 0 Å². The summed E-state index contributed by atoms with van der Waals surface area (Å²) in [6.45, 7) is 2.51. The van der Waals surface area contributed by atoms with E-state index in [2.05, 4.69) is 10.6 Å². The molecule has 1 saturated carbocycles. The standard InChI is InChI=1S/C12H22N2O3/c1-9(6-8-15)14-11(16)3-2-7-13-12(17)10-4-5-10/h9-10,15H,2-8H2,1H3,(H,13,17)(H,14,16). The van der Waals surface area contributed by atoms with Crippen LogP contribution < -0.4 is 10.6 Å². The van der Waals surface area contributed by atoms with Crippen LogP contribution in [0.2, 0.25) is 0 Å². The fraction of sp³-hybridized carbons (Fsp3) is 0.833. The molecule has 0 bridgehead atoms. The average molecular weight is 242 g/mol. The van der Waals surface area contributed by atoms with Crippen LogP contribution in [0.3, 0.4) is 0 Å². The average Bonchev–Trinajstić information content (AvgIpc) is 3.08. The Labute approximate surface area is 102 Å². The normalized spacial score (nSPS) is 16.4. The molecule has 17 heavy (non-hydrogen) atoms. The Kier molecular flexibility index (Phi) is 5.97. The van der Waals surface area contributed by atoms with Crippen LogP contribution in [0.25, 0.3) is 0 Å². The van der Waals surface area contributed by atoms with Gasteiger partial charge in [0.2, 0.25) is 11.8 Å². The first-order chi connectivity index (χ1) is 8.13. The van der Waals surface area contributed by atoms with Crippen LogP contribution in [0.1, 0.15) is 39.0 Å². The van der Waals surface area contributed by atoms with Crippen molar-refractivity contribution < 1.29 is 14.7 Å². The Hall–Kier alpha value is -1.10. The molecular formula is C12H22N2O3. The monoisotopic (exact) mass is 242 g/mol. The lowest BCUT2D eigenvalue weighted by molar-refractivity contribution is -0.123. The number of carbonyl (C=O) groups excluding carboxylic acids is 2. The van der Waals surface area contributed by atoms with Crippen LogP contribution in [-0.4, -0.2) is 36.1 Å². The highest BCUT2D eigenvalue weighted by molar-refractivity contribution is 5.81. The molecule has 5 nitrogen and oxygen atoms in total. The summed E-state index contributed by atoms with van der Waals surface area (Å²) in [6, 6.07) is 0.00792. The lowest BCUT2D eigenvalue weighted by atomic mass is 10.2. The van der Waals surface area contributed by atoms with Gasteiger partial charge in [-0.05, 0) is 32.6 Å². The predicted molar refractivity (Wildman–Crippen MR) is 64.3 cm³/mol.